The van der Waals surface area contributed by atoms with Gasteiger partial charge in [0, 0.05) is 11.1 Å². The van der Waals surface area contributed by atoms with Crippen molar-refractivity contribution in [3.63, 3.8) is 0 Å². The second kappa shape index (κ2) is 6.58. The van der Waals surface area contributed by atoms with Crippen LogP contribution in [-0.4, -0.2) is 12.6 Å². The lowest BCUT2D eigenvalue weighted by atomic mass is 10.0. The normalized spacial score (nSPS) is 16.8. The van der Waals surface area contributed by atoms with E-state index in [1.54, 1.807) is 0 Å². The molecular formula is C16H24ClN. The molecule has 0 bridgehead atoms. The van der Waals surface area contributed by atoms with Crippen LogP contribution in [0.2, 0.25) is 5.02 Å². The molecular weight excluding hydrogens is 242 g/mol. The molecule has 0 heterocycles. The molecule has 1 unspecified atom stereocenters. The van der Waals surface area contributed by atoms with Gasteiger partial charge in [0.05, 0.1) is 0 Å². The highest BCUT2D eigenvalue weighted by Crippen LogP contribution is 2.35. The van der Waals surface area contributed by atoms with Gasteiger partial charge in [-0.05, 0) is 68.7 Å². The van der Waals surface area contributed by atoms with E-state index in [4.69, 9.17) is 11.6 Å². The summed E-state index contributed by atoms with van der Waals surface area (Å²) in [6, 6.07) is 7.11. The Labute approximate surface area is 116 Å². The van der Waals surface area contributed by atoms with Crippen molar-refractivity contribution in [3.05, 3.63) is 34.3 Å². The summed E-state index contributed by atoms with van der Waals surface area (Å²) in [6.45, 7) is 5.46. The van der Waals surface area contributed by atoms with E-state index in [0.717, 1.165) is 23.9 Å². The Hall–Kier alpha value is -0.530. The van der Waals surface area contributed by atoms with Gasteiger partial charge in [-0.25, -0.2) is 0 Å². The molecule has 0 aliphatic heterocycles. The highest BCUT2D eigenvalue weighted by Gasteiger charge is 2.30. The van der Waals surface area contributed by atoms with Gasteiger partial charge in [0.15, 0.2) is 0 Å². The zero-order valence-electron chi connectivity index (χ0n) is 11.5. The Morgan fingerprint density at radius 1 is 1.39 bits per heavy atom. The molecule has 1 nitrogen and oxygen atoms in total. The van der Waals surface area contributed by atoms with Crippen LogP contribution in [0, 0.1) is 12.8 Å². The molecule has 1 aliphatic carbocycles. The molecule has 1 fully saturated rings. The highest BCUT2D eigenvalue weighted by atomic mass is 35.5. The topological polar surface area (TPSA) is 12.0 Å². The fraction of sp³-hybridized carbons (Fsp3) is 0.625. The molecule has 18 heavy (non-hydrogen) atoms. The summed E-state index contributed by atoms with van der Waals surface area (Å²) in [7, 11) is 0. The highest BCUT2D eigenvalue weighted by molar-refractivity contribution is 6.31. The summed E-state index contributed by atoms with van der Waals surface area (Å²) in [5.74, 6) is 0.917. The number of benzene rings is 1. The van der Waals surface area contributed by atoms with Gasteiger partial charge in [0.1, 0.15) is 0 Å². The van der Waals surface area contributed by atoms with E-state index in [2.05, 4.69) is 37.4 Å². The van der Waals surface area contributed by atoms with Gasteiger partial charge in [0.2, 0.25) is 0 Å². The smallest absolute Gasteiger partial charge is 0.0440 e. The molecule has 0 aromatic heterocycles. The van der Waals surface area contributed by atoms with E-state index < -0.39 is 0 Å². The van der Waals surface area contributed by atoms with Crippen molar-refractivity contribution in [2.75, 3.05) is 6.54 Å². The monoisotopic (exact) mass is 265 g/mol. The molecule has 100 valence electrons. The predicted molar refractivity (Wildman–Crippen MR) is 79.3 cm³/mol. The second-order valence-electron chi connectivity index (χ2n) is 5.53. The summed E-state index contributed by atoms with van der Waals surface area (Å²) >= 11 is 6.29. The second-order valence-corrected chi connectivity index (χ2v) is 5.94. The Bertz CT molecular complexity index is 385. The number of aryl methyl sites for hydroxylation is 2. The van der Waals surface area contributed by atoms with Crippen LogP contribution in [0.15, 0.2) is 18.2 Å². The van der Waals surface area contributed by atoms with E-state index in [0.29, 0.717) is 6.04 Å². The maximum atomic E-state index is 6.29. The molecule has 1 saturated carbocycles. The Kier molecular flexibility index (Phi) is 5.08. The fourth-order valence-corrected chi connectivity index (χ4v) is 2.83. The van der Waals surface area contributed by atoms with Crippen molar-refractivity contribution in [2.45, 2.75) is 52.0 Å². The average molecular weight is 266 g/mol. The van der Waals surface area contributed by atoms with Gasteiger partial charge in [-0.1, -0.05) is 30.7 Å². The van der Waals surface area contributed by atoms with E-state index in [-0.39, 0.29) is 0 Å². The van der Waals surface area contributed by atoms with Gasteiger partial charge in [-0.15, -0.1) is 0 Å². The van der Waals surface area contributed by atoms with Gasteiger partial charge in [-0.2, -0.15) is 0 Å². The summed E-state index contributed by atoms with van der Waals surface area (Å²) in [6.07, 6.45) is 6.34. The molecule has 2 rings (SSSR count). The lowest BCUT2D eigenvalue weighted by molar-refractivity contribution is 0.436. The summed E-state index contributed by atoms with van der Waals surface area (Å²) in [5.41, 5.74) is 2.54. The van der Waals surface area contributed by atoms with Crippen LogP contribution in [-0.2, 0) is 6.42 Å². The first-order chi connectivity index (χ1) is 8.70. The van der Waals surface area contributed by atoms with Crippen LogP contribution in [0.4, 0.5) is 0 Å². The van der Waals surface area contributed by atoms with E-state index in [9.17, 15) is 0 Å². The first-order valence-electron chi connectivity index (χ1n) is 7.19. The maximum Gasteiger partial charge on any atom is 0.0440 e. The van der Waals surface area contributed by atoms with Crippen molar-refractivity contribution in [1.82, 2.24) is 5.32 Å². The minimum absolute atomic E-state index is 0.697. The summed E-state index contributed by atoms with van der Waals surface area (Å²) in [4.78, 5) is 0. The van der Waals surface area contributed by atoms with Crippen molar-refractivity contribution in [2.24, 2.45) is 5.92 Å². The predicted octanol–water partition coefficient (Wildman–Crippen LogP) is 4.36. The van der Waals surface area contributed by atoms with Crippen molar-refractivity contribution < 1.29 is 0 Å². The fourth-order valence-electron chi connectivity index (χ4n) is 2.50. The maximum absolute atomic E-state index is 6.29. The Morgan fingerprint density at radius 3 is 2.78 bits per heavy atom. The summed E-state index contributed by atoms with van der Waals surface area (Å²) < 4.78 is 0. The molecule has 1 aromatic carbocycles. The van der Waals surface area contributed by atoms with Crippen LogP contribution in [0.5, 0.6) is 0 Å². The average Bonchev–Trinajstić information content (AvgIpc) is 3.15. The third kappa shape index (κ3) is 4.00. The minimum Gasteiger partial charge on any atom is -0.314 e. The SMILES string of the molecule is CCCNC(CCc1ccc(C)cc1Cl)C1CC1. The van der Waals surface area contributed by atoms with Crippen LogP contribution >= 0.6 is 11.6 Å². The van der Waals surface area contributed by atoms with Gasteiger partial charge in [0.25, 0.3) is 0 Å². The van der Waals surface area contributed by atoms with Crippen LogP contribution in [0.1, 0.15) is 43.7 Å². The molecule has 0 spiro atoms. The molecule has 1 aliphatic rings. The zero-order chi connectivity index (χ0) is 13.0. The lowest BCUT2D eigenvalue weighted by Gasteiger charge is -2.18. The van der Waals surface area contributed by atoms with Gasteiger partial charge >= 0.3 is 0 Å². The quantitative estimate of drug-likeness (QED) is 0.772. The van der Waals surface area contributed by atoms with Crippen LogP contribution < -0.4 is 5.32 Å². The third-order valence-electron chi connectivity index (χ3n) is 3.78. The standard InChI is InChI=1S/C16H24ClN/c1-3-10-18-16(14-6-7-14)9-8-13-5-4-12(2)11-15(13)17/h4-5,11,14,16,18H,3,6-10H2,1-2H3. The van der Waals surface area contributed by atoms with Crippen LogP contribution in [0.3, 0.4) is 0 Å². The Morgan fingerprint density at radius 2 is 2.17 bits per heavy atom. The molecule has 0 amide bonds. The lowest BCUT2D eigenvalue weighted by Crippen LogP contribution is -2.32. The molecule has 2 heteroatoms. The third-order valence-corrected chi connectivity index (χ3v) is 4.13. The largest absolute Gasteiger partial charge is 0.314 e. The van der Waals surface area contributed by atoms with Gasteiger partial charge in [-0.3, -0.25) is 0 Å². The van der Waals surface area contributed by atoms with Crippen molar-refractivity contribution >= 4 is 11.6 Å². The van der Waals surface area contributed by atoms with Crippen molar-refractivity contribution in [1.29, 1.82) is 0 Å². The Balaban J connectivity index is 1.88. The first kappa shape index (κ1) is 13.9. The number of hydrogen-bond acceptors (Lipinski definition) is 1. The molecule has 1 atom stereocenters. The number of halogens is 1. The van der Waals surface area contributed by atoms with E-state index in [1.807, 2.05) is 0 Å². The minimum atomic E-state index is 0.697. The molecule has 0 saturated heterocycles. The van der Waals surface area contributed by atoms with Crippen molar-refractivity contribution in [3.8, 4) is 0 Å². The van der Waals surface area contributed by atoms with E-state index >= 15 is 0 Å². The summed E-state index contributed by atoms with van der Waals surface area (Å²) in [5, 5.41) is 4.62. The van der Waals surface area contributed by atoms with E-state index in [1.165, 1.54) is 36.8 Å². The van der Waals surface area contributed by atoms with Crippen LogP contribution in [0.25, 0.3) is 0 Å². The molecule has 0 radical (unpaired) electrons. The molecule has 1 N–H and O–H groups in total. The molecule has 1 aromatic rings. The first-order valence-corrected chi connectivity index (χ1v) is 7.57. The zero-order valence-corrected chi connectivity index (χ0v) is 12.3. The number of hydrogen-bond donors (Lipinski definition) is 1. The number of rotatable bonds is 7. The van der Waals surface area contributed by atoms with Gasteiger partial charge < -0.3 is 5.32 Å². The number of nitrogens with one attached hydrogen (secondary N) is 1.